The van der Waals surface area contributed by atoms with Crippen LogP contribution in [0.3, 0.4) is 0 Å². The quantitative estimate of drug-likeness (QED) is 0.206. The highest BCUT2D eigenvalue weighted by molar-refractivity contribution is 6.23. The first-order valence-electron chi connectivity index (χ1n) is 15.3. The van der Waals surface area contributed by atoms with Crippen LogP contribution in [-0.2, 0) is 6.54 Å². The van der Waals surface area contributed by atoms with Gasteiger partial charge in [0.25, 0.3) is 0 Å². The molecule has 0 bridgehead atoms. The van der Waals surface area contributed by atoms with Crippen molar-refractivity contribution in [2.24, 2.45) is 0 Å². The summed E-state index contributed by atoms with van der Waals surface area (Å²) >= 11 is 0. The molecule has 7 aromatic carbocycles. The number of nitrogens with two attached hydrogens (primary N) is 1. The van der Waals surface area contributed by atoms with Crippen LogP contribution in [0.1, 0.15) is 5.56 Å². The Labute approximate surface area is 260 Å². The molecule has 0 radical (unpaired) electrons. The fourth-order valence-corrected chi connectivity index (χ4v) is 6.84. The van der Waals surface area contributed by atoms with Crippen LogP contribution in [-0.4, -0.2) is 4.57 Å². The highest BCUT2D eigenvalue weighted by atomic mass is 16.3. The van der Waals surface area contributed by atoms with Gasteiger partial charge in [-0.3, -0.25) is 0 Å². The number of nitrogen functional groups attached to an aromatic ring is 1. The summed E-state index contributed by atoms with van der Waals surface area (Å²) in [5.74, 6) is 0. The lowest BCUT2D eigenvalue weighted by Gasteiger charge is -2.27. The molecule has 0 amide bonds. The van der Waals surface area contributed by atoms with Gasteiger partial charge in [0.15, 0.2) is 0 Å². The normalized spacial score (nSPS) is 11.7. The molecule has 2 N–H and O–H groups in total. The maximum atomic E-state index is 6.53. The molecule has 2 heterocycles. The van der Waals surface area contributed by atoms with Crippen molar-refractivity contribution < 1.29 is 4.42 Å². The zero-order valence-electron chi connectivity index (χ0n) is 24.5. The molecule has 0 spiro atoms. The predicted octanol–water partition coefficient (Wildman–Crippen LogP) is 10.8. The second kappa shape index (κ2) is 10.0. The van der Waals surface area contributed by atoms with Gasteiger partial charge in [0, 0.05) is 34.1 Å². The predicted molar refractivity (Wildman–Crippen MR) is 189 cm³/mol. The smallest absolute Gasteiger partial charge is 0.145 e. The molecule has 45 heavy (non-hydrogen) atoms. The first-order chi connectivity index (χ1) is 22.2. The van der Waals surface area contributed by atoms with E-state index in [0.29, 0.717) is 6.54 Å². The Morgan fingerprint density at radius 1 is 0.578 bits per heavy atom. The van der Waals surface area contributed by atoms with Crippen LogP contribution in [0.4, 0.5) is 17.1 Å². The van der Waals surface area contributed by atoms with E-state index in [0.717, 1.165) is 61.1 Å². The number of aromatic nitrogens is 1. The van der Waals surface area contributed by atoms with Crippen molar-refractivity contribution in [2.45, 2.75) is 6.54 Å². The van der Waals surface area contributed by atoms with E-state index >= 15 is 0 Å². The lowest BCUT2D eigenvalue weighted by molar-refractivity contribution is 0.673. The summed E-state index contributed by atoms with van der Waals surface area (Å²) in [5.41, 5.74) is 15.8. The maximum Gasteiger partial charge on any atom is 0.145 e. The molecule has 9 aromatic rings. The van der Waals surface area contributed by atoms with E-state index in [1.54, 1.807) is 0 Å². The second-order valence-corrected chi connectivity index (χ2v) is 11.6. The molecular weight excluding hydrogens is 550 g/mol. The standard InChI is InChI=1S/C41H29N3O/c42-35-13-5-7-15-37(35)43(31-22-19-28-9-1-2-10-29(28)25-31)26-27-17-20-30(21-18-27)44-36-14-6-3-12-34(36)40-38(44)24-23-33-32-11-4-8-16-39(32)45-41(33)40/h1-25H,26,42H2. The number of hydrogen-bond donors (Lipinski definition) is 1. The zero-order valence-corrected chi connectivity index (χ0v) is 24.5. The van der Waals surface area contributed by atoms with Crippen LogP contribution < -0.4 is 10.6 Å². The lowest BCUT2D eigenvalue weighted by atomic mass is 10.1. The molecule has 9 rings (SSSR count). The minimum atomic E-state index is 0.680. The fraction of sp³-hybridized carbons (Fsp3) is 0.0244. The van der Waals surface area contributed by atoms with Gasteiger partial charge in [0.2, 0.25) is 0 Å². The van der Waals surface area contributed by atoms with Crippen molar-refractivity contribution in [3.8, 4) is 5.69 Å². The Morgan fingerprint density at radius 3 is 2.18 bits per heavy atom. The number of furan rings is 1. The summed E-state index contributed by atoms with van der Waals surface area (Å²) in [6.45, 7) is 0.680. The summed E-state index contributed by atoms with van der Waals surface area (Å²) in [7, 11) is 0. The molecule has 4 nitrogen and oxygen atoms in total. The summed E-state index contributed by atoms with van der Waals surface area (Å²) in [6.07, 6.45) is 0. The van der Waals surface area contributed by atoms with E-state index in [9.17, 15) is 0 Å². The Bertz CT molecular complexity index is 2540. The van der Waals surface area contributed by atoms with E-state index in [2.05, 4.69) is 131 Å². The number of anilines is 3. The largest absolute Gasteiger partial charge is 0.455 e. The van der Waals surface area contributed by atoms with Gasteiger partial charge >= 0.3 is 0 Å². The molecule has 0 aliphatic heterocycles. The van der Waals surface area contributed by atoms with Crippen molar-refractivity contribution in [3.63, 3.8) is 0 Å². The second-order valence-electron chi connectivity index (χ2n) is 11.6. The Morgan fingerprint density at radius 2 is 1.31 bits per heavy atom. The van der Waals surface area contributed by atoms with Crippen molar-refractivity contribution in [1.29, 1.82) is 0 Å². The van der Waals surface area contributed by atoms with Crippen LogP contribution in [0.25, 0.3) is 60.2 Å². The van der Waals surface area contributed by atoms with Gasteiger partial charge in [0.05, 0.1) is 27.8 Å². The monoisotopic (exact) mass is 579 g/mol. The van der Waals surface area contributed by atoms with E-state index in [4.69, 9.17) is 10.2 Å². The average Bonchev–Trinajstić information content (AvgIpc) is 3.64. The van der Waals surface area contributed by atoms with Crippen LogP contribution in [0, 0.1) is 0 Å². The molecule has 0 saturated heterocycles. The molecule has 0 atom stereocenters. The van der Waals surface area contributed by atoms with Gasteiger partial charge in [-0.05, 0) is 77.0 Å². The maximum absolute atomic E-state index is 6.53. The third-order valence-corrected chi connectivity index (χ3v) is 8.99. The van der Waals surface area contributed by atoms with Crippen molar-refractivity contribution >= 4 is 71.6 Å². The number of para-hydroxylation sites is 4. The Kier molecular flexibility index (Phi) is 5.69. The average molecular weight is 580 g/mol. The van der Waals surface area contributed by atoms with Crippen LogP contribution in [0.15, 0.2) is 156 Å². The minimum absolute atomic E-state index is 0.680. The van der Waals surface area contributed by atoms with Gasteiger partial charge in [-0.1, -0.05) is 91.0 Å². The van der Waals surface area contributed by atoms with Gasteiger partial charge in [-0.15, -0.1) is 0 Å². The molecule has 214 valence electrons. The SMILES string of the molecule is Nc1ccccc1N(Cc1ccc(-n2c3ccccc3c3c4oc5ccccc5c4ccc32)cc1)c1ccc2ccccc2c1. The van der Waals surface area contributed by atoms with Crippen LogP contribution in [0.5, 0.6) is 0 Å². The molecular formula is C41H29N3O. The topological polar surface area (TPSA) is 47.3 Å². The van der Waals surface area contributed by atoms with Gasteiger partial charge < -0.3 is 19.6 Å². The Hall–Kier alpha value is -6.00. The zero-order chi connectivity index (χ0) is 29.9. The first kappa shape index (κ1) is 25.5. The third-order valence-electron chi connectivity index (χ3n) is 8.99. The van der Waals surface area contributed by atoms with E-state index in [-0.39, 0.29) is 0 Å². The number of hydrogen-bond acceptors (Lipinski definition) is 3. The molecule has 0 aliphatic carbocycles. The van der Waals surface area contributed by atoms with Gasteiger partial charge in [-0.25, -0.2) is 0 Å². The van der Waals surface area contributed by atoms with Crippen molar-refractivity contribution in [2.75, 3.05) is 10.6 Å². The highest BCUT2D eigenvalue weighted by Gasteiger charge is 2.19. The molecule has 2 aromatic heterocycles. The molecule has 0 saturated carbocycles. The summed E-state index contributed by atoms with van der Waals surface area (Å²) in [6, 6.07) is 53.3. The number of fused-ring (bicyclic) bond motifs is 8. The molecule has 0 unspecified atom stereocenters. The molecule has 0 fully saturated rings. The molecule has 4 heteroatoms. The van der Waals surface area contributed by atoms with E-state index in [1.807, 2.05) is 30.3 Å². The van der Waals surface area contributed by atoms with Crippen LogP contribution >= 0.6 is 0 Å². The van der Waals surface area contributed by atoms with Gasteiger partial charge in [0.1, 0.15) is 11.2 Å². The fourth-order valence-electron chi connectivity index (χ4n) is 6.84. The Balaban J connectivity index is 1.15. The van der Waals surface area contributed by atoms with E-state index in [1.165, 1.54) is 21.7 Å². The van der Waals surface area contributed by atoms with E-state index < -0.39 is 0 Å². The highest BCUT2D eigenvalue weighted by Crippen LogP contribution is 2.40. The van der Waals surface area contributed by atoms with Gasteiger partial charge in [-0.2, -0.15) is 0 Å². The van der Waals surface area contributed by atoms with Crippen molar-refractivity contribution in [3.05, 3.63) is 157 Å². The van der Waals surface area contributed by atoms with Crippen molar-refractivity contribution in [1.82, 2.24) is 4.57 Å². The molecule has 0 aliphatic rings. The minimum Gasteiger partial charge on any atom is -0.455 e. The third kappa shape index (κ3) is 4.07. The number of nitrogens with zero attached hydrogens (tertiary/aromatic N) is 2. The lowest BCUT2D eigenvalue weighted by Crippen LogP contribution is -2.18. The number of benzene rings is 7. The summed E-state index contributed by atoms with van der Waals surface area (Å²) in [5, 5.41) is 7.04. The first-order valence-corrected chi connectivity index (χ1v) is 15.3. The summed E-state index contributed by atoms with van der Waals surface area (Å²) in [4.78, 5) is 2.30. The summed E-state index contributed by atoms with van der Waals surface area (Å²) < 4.78 is 8.82. The van der Waals surface area contributed by atoms with Crippen LogP contribution in [0.2, 0.25) is 0 Å². The number of rotatable bonds is 5.